The smallest absolute Gasteiger partial charge is 0.230 e. The number of amides is 1. The normalized spacial score (nSPS) is 20.7. The molecule has 1 aromatic carbocycles. The van der Waals surface area contributed by atoms with Gasteiger partial charge in [0.05, 0.1) is 18.6 Å². The van der Waals surface area contributed by atoms with E-state index in [-0.39, 0.29) is 35.3 Å². The van der Waals surface area contributed by atoms with Crippen LogP contribution < -0.4 is 5.32 Å². The third-order valence-electron chi connectivity index (χ3n) is 6.27. The van der Waals surface area contributed by atoms with Crippen LogP contribution in [0.4, 0.5) is 0 Å². The van der Waals surface area contributed by atoms with Crippen molar-refractivity contribution < 1.29 is 9.53 Å². The van der Waals surface area contributed by atoms with E-state index < -0.39 is 0 Å². The number of aliphatic imine (C=N–C) groups is 1. The Balaban J connectivity index is 0.00000320. The van der Waals surface area contributed by atoms with Crippen LogP contribution in [0.3, 0.4) is 0 Å². The van der Waals surface area contributed by atoms with Gasteiger partial charge in [-0.15, -0.1) is 24.0 Å². The predicted octanol–water partition coefficient (Wildman–Crippen LogP) is 3.37. The molecule has 1 aromatic rings. The van der Waals surface area contributed by atoms with Gasteiger partial charge in [-0.3, -0.25) is 9.79 Å². The Hall–Kier alpha value is -1.35. The molecule has 6 nitrogen and oxygen atoms in total. The van der Waals surface area contributed by atoms with Gasteiger partial charge < -0.3 is 19.9 Å². The largest absolute Gasteiger partial charge is 0.376 e. The molecule has 7 heteroatoms. The third kappa shape index (κ3) is 6.33. The molecule has 1 atom stereocenters. The van der Waals surface area contributed by atoms with Gasteiger partial charge >= 0.3 is 0 Å². The monoisotopic (exact) mass is 528 g/mol. The number of ether oxygens (including phenoxy) is 1. The quantitative estimate of drug-likeness (QED) is 0.335. The van der Waals surface area contributed by atoms with Gasteiger partial charge in [-0.25, -0.2) is 0 Å². The molecule has 168 valence electrons. The van der Waals surface area contributed by atoms with Crippen molar-refractivity contribution >= 4 is 35.8 Å². The van der Waals surface area contributed by atoms with E-state index in [9.17, 15) is 4.79 Å². The minimum absolute atomic E-state index is 0. The van der Waals surface area contributed by atoms with Crippen LogP contribution in [0, 0.1) is 11.3 Å². The highest BCUT2D eigenvalue weighted by molar-refractivity contribution is 14.0. The number of nitrogens with one attached hydrogen (secondary N) is 1. The maximum Gasteiger partial charge on any atom is 0.230 e. The fraction of sp³-hybridized carbons (Fsp3) is 0.652. The SMILES string of the molecule is CN=C(NCC1(C(=O)N(C)C)CCCC1)N1CCC(COCc2ccccc2)C1.I. The highest BCUT2D eigenvalue weighted by Crippen LogP contribution is 2.39. The number of halogens is 1. The highest BCUT2D eigenvalue weighted by atomic mass is 127. The van der Waals surface area contributed by atoms with Crippen molar-refractivity contribution in [2.75, 3.05) is 47.4 Å². The van der Waals surface area contributed by atoms with Gasteiger partial charge in [-0.1, -0.05) is 43.2 Å². The van der Waals surface area contributed by atoms with Gasteiger partial charge in [0.2, 0.25) is 5.91 Å². The summed E-state index contributed by atoms with van der Waals surface area (Å²) < 4.78 is 5.94. The highest BCUT2D eigenvalue weighted by Gasteiger charge is 2.42. The summed E-state index contributed by atoms with van der Waals surface area (Å²) in [6.45, 7) is 4.03. The Kier molecular flexibility index (Phi) is 9.87. The molecule has 1 saturated carbocycles. The maximum absolute atomic E-state index is 12.8. The molecule has 1 saturated heterocycles. The van der Waals surface area contributed by atoms with Crippen LogP contribution >= 0.6 is 24.0 Å². The first-order chi connectivity index (χ1) is 14.0. The Morgan fingerprint density at radius 1 is 1.27 bits per heavy atom. The molecule has 1 aliphatic heterocycles. The van der Waals surface area contributed by atoms with Crippen molar-refractivity contribution in [3.05, 3.63) is 35.9 Å². The van der Waals surface area contributed by atoms with Crippen molar-refractivity contribution in [1.82, 2.24) is 15.1 Å². The Morgan fingerprint density at radius 2 is 1.97 bits per heavy atom. The maximum atomic E-state index is 12.8. The van der Waals surface area contributed by atoms with Crippen molar-refractivity contribution in [3.8, 4) is 0 Å². The molecular weight excluding hydrogens is 491 g/mol. The predicted molar refractivity (Wildman–Crippen MR) is 132 cm³/mol. The Labute approximate surface area is 198 Å². The average molecular weight is 528 g/mol. The first kappa shape index (κ1) is 24.9. The molecule has 0 radical (unpaired) electrons. The fourth-order valence-electron chi connectivity index (χ4n) is 4.65. The van der Waals surface area contributed by atoms with E-state index in [0.717, 1.165) is 57.8 Å². The van der Waals surface area contributed by atoms with Crippen LogP contribution in [0.15, 0.2) is 35.3 Å². The van der Waals surface area contributed by atoms with E-state index in [4.69, 9.17) is 4.74 Å². The molecule has 2 aliphatic rings. The van der Waals surface area contributed by atoms with Crippen molar-refractivity contribution in [2.45, 2.75) is 38.7 Å². The van der Waals surface area contributed by atoms with Gasteiger partial charge in [0, 0.05) is 46.7 Å². The van der Waals surface area contributed by atoms with E-state index in [0.29, 0.717) is 19.1 Å². The lowest BCUT2D eigenvalue weighted by Crippen LogP contribution is -2.49. The molecule has 0 spiro atoms. The molecule has 2 fully saturated rings. The average Bonchev–Trinajstić information content (AvgIpc) is 3.39. The lowest BCUT2D eigenvalue weighted by atomic mass is 9.84. The zero-order valence-corrected chi connectivity index (χ0v) is 20.9. The molecule has 1 aliphatic carbocycles. The number of benzene rings is 1. The van der Waals surface area contributed by atoms with Crippen molar-refractivity contribution in [1.29, 1.82) is 0 Å². The van der Waals surface area contributed by atoms with Crippen LogP contribution in [0.25, 0.3) is 0 Å². The molecular formula is C23H37IN4O2. The molecule has 30 heavy (non-hydrogen) atoms. The van der Waals surface area contributed by atoms with Gasteiger partial charge in [-0.05, 0) is 24.8 Å². The number of hydrogen-bond donors (Lipinski definition) is 1. The molecule has 1 amide bonds. The van der Waals surface area contributed by atoms with Gasteiger partial charge in [-0.2, -0.15) is 0 Å². The Bertz CT molecular complexity index is 690. The second-order valence-electron chi connectivity index (χ2n) is 8.69. The second kappa shape index (κ2) is 11.9. The number of carbonyl (C=O) groups excluding carboxylic acids is 1. The summed E-state index contributed by atoms with van der Waals surface area (Å²) in [6, 6.07) is 10.3. The van der Waals surface area contributed by atoms with E-state index in [1.54, 1.807) is 4.90 Å². The summed E-state index contributed by atoms with van der Waals surface area (Å²) in [7, 11) is 5.55. The number of carbonyl (C=O) groups is 1. The lowest BCUT2D eigenvalue weighted by Gasteiger charge is -2.32. The number of guanidine groups is 1. The van der Waals surface area contributed by atoms with Crippen LogP contribution in [0.5, 0.6) is 0 Å². The summed E-state index contributed by atoms with van der Waals surface area (Å²) in [5.74, 6) is 1.67. The zero-order valence-electron chi connectivity index (χ0n) is 18.6. The lowest BCUT2D eigenvalue weighted by molar-refractivity contribution is -0.138. The molecule has 0 bridgehead atoms. The second-order valence-corrected chi connectivity index (χ2v) is 8.69. The van der Waals surface area contributed by atoms with Crippen LogP contribution in [0.1, 0.15) is 37.7 Å². The number of nitrogens with zero attached hydrogens (tertiary/aromatic N) is 3. The van der Waals surface area contributed by atoms with E-state index in [1.165, 1.54) is 5.56 Å². The summed E-state index contributed by atoms with van der Waals surface area (Å²) in [6.07, 6.45) is 5.29. The molecule has 0 aromatic heterocycles. The fourth-order valence-corrected chi connectivity index (χ4v) is 4.65. The summed E-state index contributed by atoms with van der Waals surface area (Å²) in [5, 5.41) is 3.52. The number of likely N-dealkylation sites (tertiary alicyclic amines) is 1. The van der Waals surface area contributed by atoms with Gasteiger partial charge in [0.25, 0.3) is 0 Å². The standard InChI is InChI=1S/C23H36N4O2.HI/c1-24-22(25-18-23(12-7-8-13-23)21(28)26(2)3)27-14-11-20(15-27)17-29-16-19-9-5-4-6-10-19;/h4-6,9-10,20H,7-8,11-18H2,1-3H3,(H,24,25);1H. The molecule has 1 unspecified atom stereocenters. The van der Waals surface area contributed by atoms with Crippen LogP contribution in [0.2, 0.25) is 0 Å². The molecule has 1 N–H and O–H groups in total. The third-order valence-corrected chi connectivity index (χ3v) is 6.27. The van der Waals surface area contributed by atoms with Crippen molar-refractivity contribution in [3.63, 3.8) is 0 Å². The first-order valence-electron chi connectivity index (χ1n) is 10.8. The van der Waals surface area contributed by atoms with Crippen LogP contribution in [-0.4, -0.2) is 69.1 Å². The topological polar surface area (TPSA) is 57.2 Å². The first-order valence-corrected chi connectivity index (χ1v) is 10.8. The number of hydrogen-bond acceptors (Lipinski definition) is 3. The van der Waals surface area contributed by atoms with Gasteiger partial charge in [0.1, 0.15) is 0 Å². The molecule has 3 rings (SSSR count). The number of rotatable bonds is 7. The summed E-state index contributed by atoms with van der Waals surface area (Å²) in [5.41, 5.74) is 0.935. The summed E-state index contributed by atoms with van der Waals surface area (Å²) in [4.78, 5) is 21.3. The van der Waals surface area contributed by atoms with Gasteiger partial charge in [0.15, 0.2) is 5.96 Å². The van der Waals surface area contributed by atoms with E-state index in [1.807, 2.05) is 39.3 Å². The van der Waals surface area contributed by atoms with Crippen LogP contribution in [-0.2, 0) is 16.1 Å². The summed E-state index contributed by atoms with van der Waals surface area (Å²) >= 11 is 0. The van der Waals surface area contributed by atoms with E-state index >= 15 is 0 Å². The molecule has 1 heterocycles. The van der Waals surface area contributed by atoms with E-state index in [2.05, 4.69) is 27.3 Å². The Morgan fingerprint density at radius 3 is 2.60 bits per heavy atom. The zero-order chi connectivity index (χ0) is 20.7. The minimum atomic E-state index is -0.280. The van der Waals surface area contributed by atoms with Crippen molar-refractivity contribution in [2.24, 2.45) is 16.3 Å². The minimum Gasteiger partial charge on any atom is -0.376 e.